The Morgan fingerprint density at radius 1 is 1.11 bits per heavy atom. The molecule has 2 nitrogen and oxygen atoms in total. The highest BCUT2D eigenvalue weighted by molar-refractivity contribution is 5.22. The van der Waals surface area contributed by atoms with E-state index in [1.165, 1.54) is 23.3 Å². The second-order valence-electron chi connectivity index (χ2n) is 4.47. The molecular weight excluding hydrogens is 241 g/mol. The third-order valence-corrected chi connectivity index (χ3v) is 2.77. The van der Waals surface area contributed by atoms with Gasteiger partial charge in [0.15, 0.2) is 0 Å². The molecule has 3 heteroatoms. The lowest BCUT2D eigenvalue weighted by atomic mass is 10.1. The molecule has 0 aromatic heterocycles. The Bertz CT molecular complexity index is 510. The zero-order chi connectivity index (χ0) is 13.5. The van der Waals surface area contributed by atoms with E-state index < -0.39 is 0 Å². The minimum Gasteiger partial charge on any atom is -0.492 e. The average Bonchev–Trinajstić information content (AvgIpc) is 2.41. The Morgan fingerprint density at radius 2 is 1.89 bits per heavy atom. The van der Waals surface area contributed by atoms with Crippen LogP contribution in [-0.4, -0.2) is 13.2 Å². The van der Waals surface area contributed by atoms with Crippen LogP contribution in [0, 0.1) is 12.7 Å². The molecular formula is C16H18FNO. The normalized spacial score (nSPS) is 10.4. The van der Waals surface area contributed by atoms with Gasteiger partial charge in [0.1, 0.15) is 18.2 Å². The molecule has 19 heavy (non-hydrogen) atoms. The van der Waals surface area contributed by atoms with Gasteiger partial charge in [0.2, 0.25) is 0 Å². The summed E-state index contributed by atoms with van der Waals surface area (Å²) in [6.45, 7) is 4.23. The van der Waals surface area contributed by atoms with Crippen LogP contribution in [0.3, 0.4) is 0 Å². The molecule has 0 saturated carbocycles. The van der Waals surface area contributed by atoms with Crippen molar-refractivity contribution < 1.29 is 9.13 Å². The molecule has 0 bridgehead atoms. The van der Waals surface area contributed by atoms with E-state index in [-0.39, 0.29) is 5.82 Å². The maximum absolute atomic E-state index is 12.7. The number of ether oxygens (including phenoxy) is 1. The van der Waals surface area contributed by atoms with Crippen molar-refractivity contribution in [2.24, 2.45) is 0 Å². The molecule has 2 rings (SSSR count). The number of halogens is 1. The molecule has 0 aliphatic carbocycles. The minimum atomic E-state index is -0.245. The zero-order valence-electron chi connectivity index (χ0n) is 11.0. The molecule has 0 atom stereocenters. The van der Waals surface area contributed by atoms with E-state index in [1.807, 2.05) is 0 Å². The summed E-state index contributed by atoms with van der Waals surface area (Å²) in [5, 5.41) is 3.31. The minimum absolute atomic E-state index is 0.245. The first-order valence-corrected chi connectivity index (χ1v) is 6.39. The Hall–Kier alpha value is -1.87. The molecule has 0 heterocycles. The summed E-state index contributed by atoms with van der Waals surface area (Å²) in [5.74, 6) is 0.448. The van der Waals surface area contributed by atoms with Crippen LogP contribution in [0.25, 0.3) is 0 Å². The van der Waals surface area contributed by atoms with E-state index in [9.17, 15) is 4.39 Å². The maximum atomic E-state index is 12.7. The van der Waals surface area contributed by atoms with E-state index in [2.05, 4.69) is 36.5 Å². The first-order chi connectivity index (χ1) is 9.24. The number of hydrogen-bond acceptors (Lipinski definition) is 2. The van der Waals surface area contributed by atoms with Crippen molar-refractivity contribution >= 4 is 0 Å². The van der Waals surface area contributed by atoms with Gasteiger partial charge in [0, 0.05) is 13.1 Å². The number of hydrogen-bond donors (Lipinski definition) is 1. The maximum Gasteiger partial charge on any atom is 0.123 e. The lowest BCUT2D eigenvalue weighted by molar-refractivity contribution is 0.313. The highest BCUT2D eigenvalue weighted by Gasteiger charge is 1.95. The average molecular weight is 259 g/mol. The summed E-state index contributed by atoms with van der Waals surface area (Å²) in [4.78, 5) is 0. The van der Waals surface area contributed by atoms with E-state index in [4.69, 9.17) is 4.74 Å². The molecule has 100 valence electrons. The third-order valence-electron chi connectivity index (χ3n) is 2.77. The lowest BCUT2D eigenvalue weighted by Gasteiger charge is -2.08. The molecule has 1 N–H and O–H groups in total. The van der Waals surface area contributed by atoms with Crippen molar-refractivity contribution in [3.05, 3.63) is 65.5 Å². The number of benzene rings is 2. The van der Waals surface area contributed by atoms with Crippen LogP contribution in [0.5, 0.6) is 5.75 Å². The highest BCUT2D eigenvalue weighted by Crippen LogP contribution is 2.10. The van der Waals surface area contributed by atoms with E-state index >= 15 is 0 Å². The molecule has 0 fully saturated rings. The summed E-state index contributed by atoms with van der Waals surface area (Å²) >= 11 is 0. The zero-order valence-corrected chi connectivity index (χ0v) is 11.0. The second kappa shape index (κ2) is 6.90. The Balaban J connectivity index is 1.66. The molecule has 0 aliphatic rings. The summed E-state index contributed by atoms with van der Waals surface area (Å²) in [5.41, 5.74) is 2.53. The molecule has 0 spiro atoms. The smallest absolute Gasteiger partial charge is 0.123 e. The van der Waals surface area contributed by atoms with Crippen LogP contribution >= 0.6 is 0 Å². The molecule has 2 aromatic carbocycles. The monoisotopic (exact) mass is 259 g/mol. The Labute approximate surface area is 113 Å². The van der Waals surface area contributed by atoms with Gasteiger partial charge in [-0.3, -0.25) is 0 Å². The second-order valence-corrected chi connectivity index (χ2v) is 4.47. The van der Waals surface area contributed by atoms with Crippen LogP contribution < -0.4 is 10.1 Å². The van der Waals surface area contributed by atoms with Crippen LogP contribution in [-0.2, 0) is 6.54 Å². The molecule has 0 aliphatic heterocycles. The van der Waals surface area contributed by atoms with Gasteiger partial charge in [-0.25, -0.2) is 4.39 Å². The van der Waals surface area contributed by atoms with E-state index in [1.54, 1.807) is 12.1 Å². The predicted molar refractivity (Wildman–Crippen MR) is 74.8 cm³/mol. The van der Waals surface area contributed by atoms with Crippen LogP contribution in [0.1, 0.15) is 11.1 Å². The van der Waals surface area contributed by atoms with Crippen LogP contribution in [0.2, 0.25) is 0 Å². The van der Waals surface area contributed by atoms with Gasteiger partial charge >= 0.3 is 0 Å². The topological polar surface area (TPSA) is 21.3 Å². The Kier molecular flexibility index (Phi) is 4.93. The van der Waals surface area contributed by atoms with E-state index in [0.717, 1.165) is 13.1 Å². The van der Waals surface area contributed by atoms with Crippen LogP contribution in [0.15, 0.2) is 48.5 Å². The van der Waals surface area contributed by atoms with Crippen LogP contribution in [0.4, 0.5) is 4.39 Å². The third kappa shape index (κ3) is 4.72. The van der Waals surface area contributed by atoms with Crippen molar-refractivity contribution in [1.29, 1.82) is 0 Å². The first-order valence-electron chi connectivity index (χ1n) is 6.39. The van der Waals surface area contributed by atoms with Gasteiger partial charge in [0.05, 0.1) is 0 Å². The molecule has 0 unspecified atom stereocenters. The fourth-order valence-electron chi connectivity index (χ4n) is 1.83. The largest absolute Gasteiger partial charge is 0.492 e. The highest BCUT2D eigenvalue weighted by atomic mass is 19.1. The molecule has 2 aromatic rings. The number of aryl methyl sites for hydroxylation is 1. The van der Waals surface area contributed by atoms with Crippen molar-refractivity contribution in [2.75, 3.05) is 13.2 Å². The van der Waals surface area contributed by atoms with Gasteiger partial charge in [-0.2, -0.15) is 0 Å². The fourth-order valence-corrected chi connectivity index (χ4v) is 1.83. The van der Waals surface area contributed by atoms with Gasteiger partial charge in [-0.05, 0) is 36.8 Å². The summed E-state index contributed by atoms with van der Waals surface area (Å²) < 4.78 is 18.2. The van der Waals surface area contributed by atoms with Crippen molar-refractivity contribution in [3.63, 3.8) is 0 Å². The van der Waals surface area contributed by atoms with Gasteiger partial charge in [-0.1, -0.05) is 29.8 Å². The summed E-state index contributed by atoms with van der Waals surface area (Å²) in [6.07, 6.45) is 0. The van der Waals surface area contributed by atoms with Gasteiger partial charge in [0.25, 0.3) is 0 Å². The fraction of sp³-hybridized carbons (Fsp3) is 0.250. The predicted octanol–water partition coefficient (Wildman–Crippen LogP) is 3.30. The molecule has 0 radical (unpaired) electrons. The van der Waals surface area contributed by atoms with Crippen molar-refractivity contribution in [1.82, 2.24) is 5.32 Å². The van der Waals surface area contributed by atoms with Gasteiger partial charge < -0.3 is 10.1 Å². The number of nitrogens with one attached hydrogen (secondary N) is 1. The molecule has 0 saturated heterocycles. The first kappa shape index (κ1) is 13.6. The van der Waals surface area contributed by atoms with Crippen molar-refractivity contribution in [3.8, 4) is 5.75 Å². The van der Waals surface area contributed by atoms with Crippen molar-refractivity contribution in [2.45, 2.75) is 13.5 Å². The standard InChI is InChI=1S/C16H18FNO/c1-13-3-2-4-14(11-13)12-18-9-10-19-16-7-5-15(17)6-8-16/h2-8,11,18H,9-10,12H2,1H3. The summed E-state index contributed by atoms with van der Waals surface area (Å²) in [6, 6.07) is 14.5. The quantitative estimate of drug-likeness (QED) is 0.804. The van der Waals surface area contributed by atoms with E-state index in [0.29, 0.717) is 12.4 Å². The SMILES string of the molecule is Cc1cccc(CNCCOc2ccc(F)cc2)c1. The lowest BCUT2D eigenvalue weighted by Crippen LogP contribution is -2.20. The summed E-state index contributed by atoms with van der Waals surface area (Å²) in [7, 11) is 0. The van der Waals surface area contributed by atoms with Gasteiger partial charge in [-0.15, -0.1) is 0 Å². The molecule has 0 amide bonds. The number of rotatable bonds is 6. The Morgan fingerprint density at radius 3 is 2.63 bits per heavy atom.